The van der Waals surface area contributed by atoms with E-state index >= 15 is 0 Å². The van der Waals surface area contributed by atoms with Crippen LogP contribution in [0.3, 0.4) is 0 Å². The Bertz CT molecular complexity index is 417. The highest BCUT2D eigenvalue weighted by Crippen LogP contribution is 2.22. The monoisotopic (exact) mass is 281 g/mol. The number of benzene rings is 1. The van der Waals surface area contributed by atoms with E-state index in [2.05, 4.69) is 18.2 Å². The van der Waals surface area contributed by atoms with Gasteiger partial charge >= 0.3 is 0 Å². The van der Waals surface area contributed by atoms with Crippen molar-refractivity contribution in [2.24, 2.45) is 0 Å². The average molecular weight is 282 g/mol. The van der Waals surface area contributed by atoms with Crippen LogP contribution in [0.25, 0.3) is 0 Å². The van der Waals surface area contributed by atoms with Gasteiger partial charge in [-0.05, 0) is 18.6 Å². The molecule has 0 bridgehead atoms. The topological polar surface area (TPSA) is 41.5 Å². The molecule has 19 heavy (non-hydrogen) atoms. The molecule has 2 unspecified atom stereocenters. The Kier molecular flexibility index (Phi) is 7.35. The second kappa shape index (κ2) is 8.82. The van der Waals surface area contributed by atoms with E-state index in [1.807, 2.05) is 12.1 Å². The summed E-state index contributed by atoms with van der Waals surface area (Å²) >= 11 is 5.95. The molecule has 0 heterocycles. The number of para-hydroxylation sites is 1. The molecule has 0 saturated heterocycles. The van der Waals surface area contributed by atoms with Gasteiger partial charge in [-0.1, -0.05) is 30.7 Å². The first-order valence-corrected chi connectivity index (χ1v) is 6.77. The van der Waals surface area contributed by atoms with Gasteiger partial charge in [-0.25, -0.2) is 0 Å². The normalized spacial score (nSPS) is 13.6. The number of terminal acetylenes is 1. The Morgan fingerprint density at radius 1 is 1.47 bits per heavy atom. The van der Waals surface area contributed by atoms with E-state index in [1.54, 1.807) is 12.1 Å². The second-order valence-electron chi connectivity index (χ2n) is 4.32. The third-order valence-corrected chi connectivity index (χ3v) is 3.08. The van der Waals surface area contributed by atoms with Crippen molar-refractivity contribution in [1.82, 2.24) is 5.32 Å². The lowest BCUT2D eigenvalue weighted by molar-refractivity contribution is 0.103. The molecule has 0 fully saturated rings. The fourth-order valence-electron chi connectivity index (χ4n) is 1.61. The molecule has 1 aromatic rings. The van der Waals surface area contributed by atoms with Gasteiger partial charge in [-0.15, -0.1) is 12.3 Å². The van der Waals surface area contributed by atoms with Crippen molar-refractivity contribution in [2.45, 2.75) is 31.9 Å². The van der Waals surface area contributed by atoms with Gasteiger partial charge in [0.1, 0.15) is 18.5 Å². The summed E-state index contributed by atoms with van der Waals surface area (Å²) in [5.41, 5.74) is 0. The molecule has 0 aliphatic heterocycles. The molecule has 1 aromatic carbocycles. The number of halogens is 1. The smallest absolute Gasteiger partial charge is 0.138 e. The van der Waals surface area contributed by atoms with Gasteiger partial charge in [0.05, 0.1) is 5.02 Å². The summed E-state index contributed by atoms with van der Waals surface area (Å²) in [5, 5.41) is 13.6. The molecule has 104 valence electrons. The Labute approximate surface area is 119 Å². The molecule has 2 atom stereocenters. The summed E-state index contributed by atoms with van der Waals surface area (Å²) in [6.07, 6.45) is 6.27. The van der Waals surface area contributed by atoms with E-state index < -0.39 is 6.10 Å². The summed E-state index contributed by atoms with van der Waals surface area (Å²) in [5.74, 6) is 3.20. The third-order valence-electron chi connectivity index (χ3n) is 2.77. The number of aliphatic hydroxyl groups is 1. The van der Waals surface area contributed by atoms with Crippen molar-refractivity contribution in [3.63, 3.8) is 0 Å². The molecule has 0 aliphatic carbocycles. The second-order valence-corrected chi connectivity index (χ2v) is 4.72. The van der Waals surface area contributed by atoms with E-state index in [9.17, 15) is 5.11 Å². The maximum Gasteiger partial charge on any atom is 0.138 e. The average Bonchev–Trinajstić information content (AvgIpc) is 2.42. The third kappa shape index (κ3) is 5.98. The molecule has 0 spiro atoms. The Morgan fingerprint density at radius 2 is 2.21 bits per heavy atom. The highest BCUT2D eigenvalue weighted by atomic mass is 35.5. The molecule has 1 rings (SSSR count). The zero-order valence-electron chi connectivity index (χ0n) is 11.1. The van der Waals surface area contributed by atoms with Crippen LogP contribution in [0.5, 0.6) is 5.75 Å². The molecule has 0 aliphatic rings. The molecule has 0 radical (unpaired) electrons. The molecular weight excluding hydrogens is 262 g/mol. The lowest BCUT2D eigenvalue weighted by Gasteiger charge is -2.18. The molecule has 0 saturated carbocycles. The number of hydrogen-bond donors (Lipinski definition) is 2. The zero-order valence-corrected chi connectivity index (χ0v) is 11.9. The van der Waals surface area contributed by atoms with Gasteiger partial charge in [0.15, 0.2) is 0 Å². The number of rotatable bonds is 8. The summed E-state index contributed by atoms with van der Waals surface area (Å²) in [6.45, 7) is 2.70. The van der Waals surface area contributed by atoms with Crippen molar-refractivity contribution in [2.75, 3.05) is 13.2 Å². The zero-order chi connectivity index (χ0) is 14.1. The predicted molar refractivity (Wildman–Crippen MR) is 78.5 cm³/mol. The fourth-order valence-corrected chi connectivity index (χ4v) is 1.80. The van der Waals surface area contributed by atoms with Crippen LogP contribution >= 0.6 is 11.6 Å². The van der Waals surface area contributed by atoms with Crippen LogP contribution in [0, 0.1) is 12.3 Å². The first-order chi connectivity index (χ1) is 9.17. The van der Waals surface area contributed by atoms with Gasteiger partial charge in [0.2, 0.25) is 0 Å². The van der Waals surface area contributed by atoms with Crippen LogP contribution < -0.4 is 10.1 Å². The van der Waals surface area contributed by atoms with Crippen LogP contribution in [-0.4, -0.2) is 30.4 Å². The standard InChI is InChI=1S/C15H20ClNO2/c1-3-7-12(4-2)17-10-13(18)11-19-15-9-6-5-8-14(15)16/h1,5-6,8-9,12-13,17-18H,4,7,10-11H2,2H3. The summed E-state index contributed by atoms with van der Waals surface area (Å²) < 4.78 is 5.46. The minimum Gasteiger partial charge on any atom is -0.489 e. The van der Waals surface area contributed by atoms with Crippen molar-refractivity contribution < 1.29 is 9.84 Å². The fraction of sp³-hybridized carbons (Fsp3) is 0.467. The van der Waals surface area contributed by atoms with Crippen LogP contribution in [0.1, 0.15) is 19.8 Å². The Balaban J connectivity index is 2.30. The quantitative estimate of drug-likeness (QED) is 0.719. The SMILES string of the molecule is C#CCC(CC)NCC(O)COc1ccccc1Cl. The van der Waals surface area contributed by atoms with E-state index in [0.717, 1.165) is 6.42 Å². The predicted octanol–water partition coefficient (Wildman–Crippen LogP) is 2.47. The van der Waals surface area contributed by atoms with E-state index in [1.165, 1.54) is 0 Å². The maximum absolute atomic E-state index is 9.83. The van der Waals surface area contributed by atoms with Gasteiger partial charge in [-0.3, -0.25) is 0 Å². The highest BCUT2D eigenvalue weighted by Gasteiger charge is 2.10. The largest absolute Gasteiger partial charge is 0.489 e. The lowest BCUT2D eigenvalue weighted by atomic mass is 10.1. The lowest BCUT2D eigenvalue weighted by Crippen LogP contribution is -2.37. The van der Waals surface area contributed by atoms with Crippen LogP contribution in [0.4, 0.5) is 0 Å². The first kappa shape index (κ1) is 15.8. The van der Waals surface area contributed by atoms with Gasteiger partial charge < -0.3 is 15.2 Å². The van der Waals surface area contributed by atoms with Gasteiger partial charge in [-0.2, -0.15) is 0 Å². The molecule has 4 heteroatoms. The van der Waals surface area contributed by atoms with Crippen molar-refractivity contribution in [1.29, 1.82) is 0 Å². The van der Waals surface area contributed by atoms with Crippen LogP contribution in [0.15, 0.2) is 24.3 Å². The molecular formula is C15H20ClNO2. The first-order valence-electron chi connectivity index (χ1n) is 6.39. The van der Waals surface area contributed by atoms with E-state index in [-0.39, 0.29) is 12.6 Å². The number of ether oxygens (including phenoxy) is 1. The van der Waals surface area contributed by atoms with E-state index in [0.29, 0.717) is 23.7 Å². The van der Waals surface area contributed by atoms with Crippen molar-refractivity contribution >= 4 is 11.6 Å². The van der Waals surface area contributed by atoms with Gasteiger partial charge in [0.25, 0.3) is 0 Å². The summed E-state index contributed by atoms with van der Waals surface area (Å²) in [6, 6.07) is 7.43. The highest BCUT2D eigenvalue weighted by molar-refractivity contribution is 6.32. The minimum absolute atomic E-state index is 0.198. The molecule has 0 aromatic heterocycles. The minimum atomic E-state index is -0.594. The molecule has 2 N–H and O–H groups in total. The van der Waals surface area contributed by atoms with Crippen LogP contribution in [-0.2, 0) is 0 Å². The molecule has 3 nitrogen and oxygen atoms in total. The van der Waals surface area contributed by atoms with Crippen LogP contribution in [0.2, 0.25) is 5.02 Å². The summed E-state index contributed by atoms with van der Waals surface area (Å²) in [7, 11) is 0. The maximum atomic E-state index is 9.83. The van der Waals surface area contributed by atoms with E-state index in [4.69, 9.17) is 22.8 Å². The number of nitrogens with one attached hydrogen (secondary N) is 1. The number of hydrogen-bond acceptors (Lipinski definition) is 3. The van der Waals surface area contributed by atoms with Crippen molar-refractivity contribution in [3.05, 3.63) is 29.3 Å². The van der Waals surface area contributed by atoms with Crippen molar-refractivity contribution in [3.8, 4) is 18.1 Å². The summed E-state index contributed by atoms with van der Waals surface area (Å²) in [4.78, 5) is 0. The van der Waals surface area contributed by atoms with Gasteiger partial charge in [0, 0.05) is 19.0 Å². The Hall–Kier alpha value is -1.21. The number of aliphatic hydroxyl groups excluding tert-OH is 1. The Morgan fingerprint density at radius 3 is 2.84 bits per heavy atom. The molecule has 0 amide bonds.